The molecule has 1 saturated heterocycles. The predicted octanol–water partition coefficient (Wildman–Crippen LogP) is 3.13. The van der Waals surface area contributed by atoms with Crippen molar-refractivity contribution in [2.24, 2.45) is 0 Å². The molecule has 1 N–H and O–H groups in total. The highest BCUT2D eigenvalue weighted by molar-refractivity contribution is 4.63. The molecule has 3 heteroatoms. The molecule has 0 amide bonds. The highest BCUT2D eigenvalue weighted by Gasteiger charge is 2.13. The van der Waals surface area contributed by atoms with E-state index in [-0.39, 0.29) is 0 Å². The average molecular weight is 257 g/mol. The minimum atomic E-state index is 0.365. The Hall–Kier alpha value is -0.120. The maximum absolute atomic E-state index is 5.69. The van der Waals surface area contributed by atoms with Crippen LogP contribution in [0, 0.1) is 0 Å². The number of nitrogens with one attached hydrogen (secondary N) is 1. The molecule has 108 valence electrons. The van der Waals surface area contributed by atoms with Crippen molar-refractivity contribution in [3.63, 3.8) is 0 Å². The summed E-state index contributed by atoms with van der Waals surface area (Å²) in [6.07, 6.45) is 8.96. The van der Waals surface area contributed by atoms with E-state index in [0.717, 1.165) is 26.4 Å². The van der Waals surface area contributed by atoms with Crippen LogP contribution in [0.1, 0.15) is 58.8 Å². The molecule has 0 aromatic heterocycles. The monoisotopic (exact) mass is 257 g/mol. The predicted molar refractivity (Wildman–Crippen MR) is 76.0 cm³/mol. The summed E-state index contributed by atoms with van der Waals surface area (Å²) in [4.78, 5) is 0. The van der Waals surface area contributed by atoms with Crippen LogP contribution in [0.4, 0.5) is 0 Å². The first kappa shape index (κ1) is 15.9. The van der Waals surface area contributed by atoms with Crippen LogP contribution in [0.5, 0.6) is 0 Å². The third kappa shape index (κ3) is 8.06. The van der Waals surface area contributed by atoms with Crippen LogP contribution in [0.25, 0.3) is 0 Å². The van der Waals surface area contributed by atoms with Crippen molar-refractivity contribution in [1.29, 1.82) is 0 Å². The average Bonchev–Trinajstić information content (AvgIpc) is 2.41. The first-order valence-electron chi connectivity index (χ1n) is 7.75. The Bertz CT molecular complexity index is 181. The quantitative estimate of drug-likeness (QED) is 0.610. The van der Waals surface area contributed by atoms with E-state index < -0.39 is 0 Å². The topological polar surface area (TPSA) is 30.5 Å². The second-order valence-corrected chi connectivity index (χ2v) is 5.41. The molecule has 0 spiro atoms. The Morgan fingerprint density at radius 1 is 1.33 bits per heavy atom. The molecular formula is C15H31NO2. The Balaban J connectivity index is 1.83. The third-order valence-electron chi connectivity index (χ3n) is 3.50. The Labute approximate surface area is 113 Å². The molecular weight excluding hydrogens is 226 g/mol. The fraction of sp³-hybridized carbons (Fsp3) is 1.00. The van der Waals surface area contributed by atoms with E-state index >= 15 is 0 Å². The number of ether oxygens (including phenoxy) is 2. The maximum atomic E-state index is 5.69. The summed E-state index contributed by atoms with van der Waals surface area (Å²) in [7, 11) is 0. The van der Waals surface area contributed by atoms with Crippen LogP contribution < -0.4 is 5.32 Å². The molecule has 1 fully saturated rings. The molecule has 0 aromatic rings. The van der Waals surface area contributed by atoms with Crippen molar-refractivity contribution in [3.8, 4) is 0 Å². The van der Waals surface area contributed by atoms with E-state index in [2.05, 4.69) is 19.2 Å². The van der Waals surface area contributed by atoms with Crippen LogP contribution in [0.3, 0.4) is 0 Å². The Morgan fingerprint density at radius 2 is 2.22 bits per heavy atom. The van der Waals surface area contributed by atoms with Gasteiger partial charge in [0.25, 0.3) is 0 Å². The van der Waals surface area contributed by atoms with Crippen molar-refractivity contribution in [2.45, 2.75) is 70.9 Å². The first-order chi connectivity index (χ1) is 8.83. The van der Waals surface area contributed by atoms with Crippen LogP contribution in [-0.4, -0.2) is 38.5 Å². The molecule has 0 radical (unpaired) electrons. The van der Waals surface area contributed by atoms with Crippen LogP contribution in [0.2, 0.25) is 0 Å². The third-order valence-corrected chi connectivity index (χ3v) is 3.50. The largest absolute Gasteiger partial charge is 0.379 e. The lowest BCUT2D eigenvalue weighted by Gasteiger charge is -2.22. The minimum absolute atomic E-state index is 0.365. The Morgan fingerprint density at radius 3 is 2.94 bits per heavy atom. The molecule has 1 rings (SSSR count). The SMILES string of the molecule is CCCNC(C)CCCCOCC1CCCCO1. The van der Waals surface area contributed by atoms with Crippen molar-refractivity contribution >= 4 is 0 Å². The van der Waals surface area contributed by atoms with Gasteiger partial charge in [-0.05, 0) is 58.4 Å². The van der Waals surface area contributed by atoms with E-state index in [1.807, 2.05) is 0 Å². The van der Waals surface area contributed by atoms with Gasteiger partial charge in [0.1, 0.15) is 0 Å². The summed E-state index contributed by atoms with van der Waals surface area (Å²) in [5.41, 5.74) is 0. The zero-order valence-electron chi connectivity index (χ0n) is 12.2. The summed E-state index contributed by atoms with van der Waals surface area (Å²) in [6, 6.07) is 0.645. The summed E-state index contributed by atoms with van der Waals surface area (Å²) < 4.78 is 11.3. The van der Waals surface area contributed by atoms with Crippen molar-refractivity contribution < 1.29 is 9.47 Å². The highest BCUT2D eigenvalue weighted by atomic mass is 16.5. The lowest BCUT2D eigenvalue weighted by atomic mass is 10.1. The minimum Gasteiger partial charge on any atom is -0.379 e. The molecule has 0 aliphatic carbocycles. The molecule has 1 aliphatic rings. The second-order valence-electron chi connectivity index (χ2n) is 5.41. The van der Waals surface area contributed by atoms with Gasteiger partial charge < -0.3 is 14.8 Å². The van der Waals surface area contributed by atoms with E-state index in [4.69, 9.17) is 9.47 Å². The van der Waals surface area contributed by atoms with Crippen LogP contribution in [-0.2, 0) is 9.47 Å². The summed E-state index contributed by atoms with van der Waals surface area (Å²) in [6.45, 7) is 8.22. The second kappa shape index (κ2) is 10.8. The smallest absolute Gasteiger partial charge is 0.0808 e. The van der Waals surface area contributed by atoms with Gasteiger partial charge in [0, 0.05) is 19.3 Å². The van der Waals surface area contributed by atoms with Crippen molar-refractivity contribution in [3.05, 3.63) is 0 Å². The molecule has 0 saturated carbocycles. The summed E-state index contributed by atoms with van der Waals surface area (Å²) >= 11 is 0. The van der Waals surface area contributed by atoms with E-state index in [1.165, 1.54) is 44.9 Å². The van der Waals surface area contributed by atoms with E-state index in [1.54, 1.807) is 0 Å². The molecule has 1 aliphatic heterocycles. The Kier molecular flexibility index (Phi) is 9.54. The van der Waals surface area contributed by atoms with Gasteiger partial charge in [0.2, 0.25) is 0 Å². The fourth-order valence-electron chi connectivity index (χ4n) is 2.30. The normalized spacial score (nSPS) is 22.0. The van der Waals surface area contributed by atoms with Gasteiger partial charge in [-0.2, -0.15) is 0 Å². The van der Waals surface area contributed by atoms with Gasteiger partial charge in [-0.25, -0.2) is 0 Å². The molecule has 0 aromatic carbocycles. The first-order valence-corrected chi connectivity index (χ1v) is 7.75. The zero-order valence-corrected chi connectivity index (χ0v) is 12.2. The summed E-state index contributed by atoms with van der Waals surface area (Å²) in [5.74, 6) is 0. The van der Waals surface area contributed by atoms with E-state index in [0.29, 0.717) is 12.1 Å². The number of hydrogen-bond donors (Lipinski definition) is 1. The zero-order chi connectivity index (χ0) is 13.1. The van der Waals surface area contributed by atoms with E-state index in [9.17, 15) is 0 Å². The standard InChI is InChI=1S/C15H31NO2/c1-3-10-16-14(2)8-4-6-11-17-13-15-9-5-7-12-18-15/h14-16H,3-13H2,1-2H3. The number of unbranched alkanes of at least 4 members (excludes halogenated alkanes) is 1. The molecule has 18 heavy (non-hydrogen) atoms. The van der Waals surface area contributed by atoms with Crippen LogP contribution in [0.15, 0.2) is 0 Å². The van der Waals surface area contributed by atoms with Gasteiger partial charge in [0.15, 0.2) is 0 Å². The molecule has 0 bridgehead atoms. The fourth-order valence-corrected chi connectivity index (χ4v) is 2.30. The lowest BCUT2D eigenvalue weighted by Crippen LogP contribution is -2.26. The van der Waals surface area contributed by atoms with Gasteiger partial charge >= 0.3 is 0 Å². The molecule has 2 unspecified atom stereocenters. The van der Waals surface area contributed by atoms with Crippen molar-refractivity contribution in [2.75, 3.05) is 26.4 Å². The highest BCUT2D eigenvalue weighted by Crippen LogP contribution is 2.13. The number of hydrogen-bond acceptors (Lipinski definition) is 3. The van der Waals surface area contributed by atoms with Gasteiger partial charge in [-0.1, -0.05) is 6.92 Å². The van der Waals surface area contributed by atoms with Crippen molar-refractivity contribution in [1.82, 2.24) is 5.32 Å². The lowest BCUT2D eigenvalue weighted by molar-refractivity contribution is -0.0411. The van der Waals surface area contributed by atoms with Gasteiger partial charge in [0.05, 0.1) is 12.7 Å². The molecule has 1 heterocycles. The van der Waals surface area contributed by atoms with Crippen LogP contribution >= 0.6 is 0 Å². The van der Waals surface area contributed by atoms with Gasteiger partial charge in [-0.15, -0.1) is 0 Å². The maximum Gasteiger partial charge on any atom is 0.0808 e. The summed E-state index contributed by atoms with van der Waals surface area (Å²) in [5, 5.41) is 3.51. The number of rotatable bonds is 10. The van der Waals surface area contributed by atoms with Gasteiger partial charge in [-0.3, -0.25) is 0 Å². The molecule has 3 nitrogen and oxygen atoms in total. The molecule has 2 atom stereocenters.